The quantitative estimate of drug-likeness (QED) is 0.0393. The Labute approximate surface area is 308 Å². The van der Waals surface area contributed by atoms with Gasteiger partial charge in [0.1, 0.15) is 23.4 Å². The lowest BCUT2D eigenvalue weighted by Crippen LogP contribution is -2.25. The molecule has 0 spiro atoms. The second kappa shape index (κ2) is 21.5. The van der Waals surface area contributed by atoms with Crippen molar-refractivity contribution in [1.82, 2.24) is 0 Å². The lowest BCUT2D eigenvalue weighted by Gasteiger charge is -2.28. The van der Waals surface area contributed by atoms with Crippen molar-refractivity contribution >= 4 is 29.8 Å². The van der Waals surface area contributed by atoms with Crippen LogP contribution in [0, 0.1) is 5.92 Å². The SMILES string of the molecule is C=CC(=O)OCCCOc1ccc(C(=O)Oc2ccc(C(=O)OCCC3CCC(OC(=O)c4ccc(OCCCOC(=O)C=C)cc4)CC3)cc2)cc1. The molecule has 1 aliphatic carbocycles. The Balaban J connectivity index is 1.08. The third-order valence-electron chi connectivity index (χ3n) is 8.24. The molecule has 1 saturated carbocycles. The molecule has 3 aromatic rings. The van der Waals surface area contributed by atoms with Gasteiger partial charge < -0.3 is 33.2 Å². The number of hydrogen-bond acceptors (Lipinski definition) is 12. The summed E-state index contributed by atoms with van der Waals surface area (Å²) >= 11 is 0. The standard InChI is InChI=1S/C41H44O12/c1-3-37(42)49-26-5-24-47-33-17-9-31(10-18-33)40(45)52-35-15-7-29(8-16-35)23-28-51-39(44)30-13-21-36(22-14-30)53-41(46)32-11-19-34(20-12-32)48-25-6-27-50-38(43)4-2/h3-4,9-14,17-22,29,35H,1-2,5-8,15-16,23-28H2. The summed E-state index contributed by atoms with van der Waals surface area (Å²) in [5.41, 5.74) is 1.10. The third kappa shape index (κ3) is 14.0. The van der Waals surface area contributed by atoms with Crippen LogP contribution >= 0.6 is 0 Å². The maximum atomic E-state index is 12.7. The molecule has 0 radical (unpaired) electrons. The van der Waals surface area contributed by atoms with E-state index >= 15 is 0 Å². The summed E-state index contributed by atoms with van der Waals surface area (Å²) in [5.74, 6) is -0.585. The highest BCUT2D eigenvalue weighted by Gasteiger charge is 2.25. The lowest BCUT2D eigenvalue weighted by molar-refractivity contribution is -0.138. The van der Waals surface area contributed by atoms with Crippen LogP contribution in [0.3, 0.4) is 0 Å². The normalized spacial score (nSPS) is 14.9. The van der Waals surface area contributed by atoms with Crippen molar-refractivity contribution in [3.63, 3.8) is 0 Å². The molecule has 1 aliphatic rings. The molecule has 0 N–H and O–H groups in total. The van der Waals surface area contributed by atoms with Crippen LogP contribution in [0.4, 0.5) is 0 Å². The minimum Gasteiger partial charge on any atom is -0.493 e. The fourth-order valence-corrected chi connectivity index (χ4v) is 5.32. The predicted molar refractivity (Wildman–Crippen MR) is 193 cm³/mol. The van der Waals surface area contributed by atoms with Gasteiger partial charge in [-0.25, -0.2) is 24.0 Å². The van der Waals surface area contributed by atoms with E-state index in [1.54, 1.807) is 60.7 Å². The number of esters is 5. The molecule has 0 saturated heterocycles. The molecule has 1 fully saturated rings. The second-order valence-corrected chi connectivity index (χ2v) is 12.1. The zero-order valence-electron chi connectivity index (χ0n) is 29.5. The molecule has 0 amide bonds. The van der Waals surface area contributed by atoms with Gasteiger partial charge in [0.15, 0.2) is 0 Å². The Bertz CT molecular complexity index is 1670. The van der Waals surface area contributed by atoms with Crippen molar-refractivity contribution < 1.29 is 57.1 Å². The summed E-state index contributed by atoms with van der Waals surface area (Å²) in [6.45, 7) is 8.09. The van der Waals surface area contributed by atoms with Crippen LogP contribution in [0.5, 0.6) is 17.2 Å². The minimum absolute atomic E-state index is 0.172. The fraction of sp³-hybridized carbons (Fsp3) is 0.341. The van der Waals surface area contributed by atoms with Gasteiger partial charge >= 0.3 is 29.8 Å². The van der Waals surface area contributed by atoms with Gasteiger partial charge in [-0.15, -0.1) is 0 Å². The Hall–Kier alpha value is -5.91. The average Bonchev–Trinajstić information content (AvgIpc) is 3.18. The summed E-state index contributed by atoms with van der Waals surface area (Å²) in [6, 6.07) is 19.3. The first-order valence-electron chi connectivity index (χ1n) is 17.5. The first-order chi connectivity index (χ1) is 25.7. The van der Waals surface area contributed by atoms with Crippen LogP contribution in [0.15, 0.2) is 98.1 Å². The third-order valence-corrected chi connectivity index (χ3v) is 8.24. The van der Waals surface area contributed by atoms with E-state index in [9.17, 15) is 24.0 Å². The van der Waals surface area contributed by atoms with E-state index < -0.39 is 23.9 Å². The number of rotatable bonds is 20. The summed E-state index contributed by atoms with van der Waals surface area (Å²) in [6.07, 6.45) is 6.96. The summed E-state index contributed by atoms with van der Waals surface area (Å²) in [7, 11) is 0. The lowest BCUT2D eigenvalue weighted by atomic mass is 9.85. The van der Waals surface area contributed by atoms with Gasteiger partial charge in [-0.3, -0.25) is 0 Å². The van der Waals surface area contributed by atoms with Crippen LogP contribution in [0.25, 0.3) is 0 Å². The first kappa shape index (κ1) is 39.9. The molecule has 0 aliphatic heterocycles. The van der Waals surface area contributed by atoms with E-state index in [4.69, 9.17) is 33.2 Å². The van der Waals surface area contributed by atoms with Crippen molar-refractivity contribution in [3.05, 3.63) is 115 Å². The molecule has 12 heteroatoms. The van der Waals surface area contributed by atoms with Crippen molar-refractivity contribution in [2.45, 2.75) is 51.0 Å². The van der Waals surface area contributed by atoms with E-state index in [2.05, 4.69) is 13.2 Å². The highest BCUT2D eigenvalue weighted by atomic mass is 16.6. The van der Waals surface area contributed by atoms with Gasteiger partial charge in [-0.2, -0.15) is 0 Å². The Kier molecular flexibility index (Phi) is 16.1. The van der Waals surface area contributed by atoms with Gasteiger partial charge in [0.2, 0.25) is 0 Å². The topological polar surface area (TPSA) is 150 Å². The molecule has 3 aromatic carbocycles. The smallest absolute Gasteiger partial charge is 0.343 e. The first-order valence-corrected chi connectivity index (χ1v) is 17.5. The largest absolute Gasteiger partial charge is 0.493 e. The predicted octanol–water partition coefficient (Wildman–Crippen LogP) is 6.86. The fourth-order valence-electron chi connectivity index (χ4n) is 5.32. The number of carbonyl (C=O) groups excluding carboxylic acids is 5. The molecule has 0 aromatic heterocycles. The molecule has 0 unspecified atom stereocenters. The van der Waals surface area contributed by atoms with Crippen LogP contribution in [0.1, 0.15) is 76.0 Å². The molecule has 53 heavy (non-hydrogen) atoms. The number of hydrogen-bond donors (Lipinski definition) is 0. The van der Waals surface area contributed by atoms with Crippen LogP contribution in [0.2, 0.25) is 0 Å². The second-order valence-electron chi connectivity index (χ2n) is 12.1. The molecule has 280 valence electrons. The van der Waals surface area contributed by atoms with Gasteiger partial charge in [0.05, 0.1) is 49.7 Å². The van der Waals surface area contributed by atoms with Gasteiger partial charge in [0, 0.05) is 25.0 Å². The molecule has 0 bridgehead atoms. The van der Waals surface area contributed by atoms with Crippen LogP contribution in [-0.4, -0.2) is 69.0 Å². The Morgan fingerprint density at radius 2 is 0.981 bits per heavy atom. The van der Waals surface area contributed by atoms with Crippen LogP contribution in [-0.2, 0) is 28.5 Å². The molecule has 0 atom stereocenters. The van der Waals surface area contributed by atoms with E-state index in [-0.39, 0.29) is 37.6 Å². The molecule has 12 nitrogen and oxygen atoms in total. The average molecular weight is 729 g/mol. The molecule has 4 rings (SSSR count). The summed E-state index contributed by atoms with van der Waals surface area (Å²) in [5, 5.41) is 0. The van der Waals surface area contributed by atoms with E-state index in [1.165, 1.54) is 12.1 Å². The number of ether oxygens (including phenoxy) is 7. The number of benzene rings is 3. The zero-order valence-corrected chi connectivity index (χ0v) is 29.5. The highest BCUT2D eigenvalue weighted by Crippen LogP contribution is 2.29. The maximum Gasteiger partial charge on any atom is 0.343 e. The zero-order chi connectivity index (χ0) is 37.8. The Morgan fingerprint density at radius 3 is 1.47 bits per heavy atom. The maximum absolute atomic E-state index is 12.7. The van der Waals surface area contributed by atoms with Crippen LogP contribution < -0.4 is 14.2 Å². The number of carbonyl (C=O) groups is 5. The van der Waals surface area contributed by atoms with Crippen molar-refractivity contribution in [1.29, 1.82) is 0 Å². The molecule has 0 heterocycles. The van der Waals surface area contributed by atoms with E-state index in [0.29, 0.717) is 66.6 Å². The summed E-state index contributed by atoms with van der Waals surface area (Å²) < 4.78 is 37.6. The van der Waals surface area contributed by atoms with E-state index in [1.807, 2.05) is 0 Å². The van der Waals surface area contributed by atoms with Crippen molar-refractivity contribution in [3.8, 4) is 17.2 Å². The summed E-state index contributed by atoms with van der Waals surface area (Å²) in [4.78, 5) is 60.0. The van der Waals surface area contributed by atoms with Gasteiger partial charge in [0.25, 0.3) is 0 Å². The molecular formula is C41H44O12. The van der Waals surface area contributed by atoms with Gasteiger partial charge in [-0.05, 0) is 111 Å². The molecular weight excluding hydrogens is 684 g/mol. The van der Waals surface area contributed by atoms with Crippen molar-refractivity contribution in [2.24, 2.45) is 5.92 Å². The van der Waals surface area contributed by atoms with E-state index in [0.717, 1.165) is 37.8 Å². The minimum atomic E-state index is -0.563. The monoisotopic (exact) mass is 728 g/mol. The van der Waals surface area contributed by atoms with Gasteiger partial charge in [-0.1, -0.05) is 13.2 Å². The Morgan fingerprint density at radius 1 is 0.528 bits per heavy atom. The van der Waals surface area contributed by atoms with Crippen molar-refractivity contribution in [2.75, 3.05) is 33.0 Å². The highest BCUT2D eigenvalue weighted by molar-refractivity contribution is 5.92.